The number of carbonyl (C=O) groups excluding carboxylic acids is 1. The van der Waals surface area contributed by atoms with Crippen LogP contribution in [0, 0.1) is 0 Å². The fraction of sp³-hybridized carbons (Fsp3) is 0.154. The Hall–Kier alpha value is -3.33. The van der Waals surface area contributed by atoms with Crippen LogP contribution in [0.25, 0.3) is 11.3 Å². The quantitative estimate of drug-likeness (QED) is 0.366. The van der Waals surface area contributed by atoms with E-state index in [-0.39, 0.29) is 23.0 Å². The standard InChI is InChI=1S/C26H24N2O4S2/c1-2-34(31,32)21-15-13-18(14-16-21)17-22(29)27-26-28-23(19-9-5-3-6-10-19)25(33-26)24(30)20-11-7-4-8-12-20/h3-16,24,30H,2,17H2,1H3,(H,27,28,29). The highest BCUT2D eigenvalue weighted by atomic mass is 32.2. The first kappa shape index (κ1) is 23.8. The fourth-order valence-electron chi connectivity index (χ4n) is 3.49. The molecule has 0 bridgehead atoms. The SMILES string of the molecule is CCS(=O)(=O)c1ccc(CC(=O)Nc2nc(-c3ccccc3)c(C(O)c3ccccc3)s2)cc1. The number of amides is 1. The van der Waals surface area contributed by atoms with Crippen LogP contribution >= 0.6 is 11.3 Å². The number of sulfone groups is 1. The van der Waals surface area contributed by atoms with Crippen molar-refractivity contribution in [3.63, 3.8) is 0 Å². The van der Waals surface area contributed by atoms with Crippen molar-refractivity contribution in [2.24, 2.45) is 0 Å². The Morgan fingerprint density at radius 2 is 1.59 bits per heavy atom. The van der Waals surface area contributed by atoms with Gasteiger partial charge in [-0.25, -0.2) is 13.4 Å². The molecule has 1 unspecified atom stereocenters. The van der Waals surface area contributed by atoms with Crippen LogP contribution in [0.3, 0.4) is 0 Å². The molecule has 8 heteroatoms. The minimum absolute atomic E-state index is 0.0256. The van der Waals surface area contributed by atoms with Gasteiger partial charge in [-0.05, 0) is 23.3 Å². The molecule has 1 atom stereocenters. The summed E-state index contributed by atoms with van der Waals surface area (Å²) in [6.07, 6.45) is -0.809. The summed E-state index contributed by atoms with van der Waals surface area (Å²) in [5, 5.41) is 14.2. The van der Waals surface area contributed by atoms with Gasteiger partial charge in [-0.1, -0.05) is 91.1 Å². The summed E-state index contributed by atoms with van der Waals surface area (Å²) in [7, 11) is -3.28. The van der Waals surface area contributed by atoms with Crippen molar-refractivity contribution in [1.82, 2.24) is 4.98 Å². The Labute approximate surface area is 202 Å². The molecule has 6 nitrogen and oxygen atoms in total. The highest BCUT2D eigenvalue weighted by Crippen LogP contribution is 2.38. The second-order valence-corrected chi connectivity index (χ2v) is 11.0. The number of rotatable bonds is 8. The molecule has 174 valence electrons. The molecule has 34 heavy (non-hydrogen) atoms. The number of aliphatic hydroxyl groups is 1. The highest BCUT2D eigenvalue weighted by Gasteiger charge is 2.22. The van der Waals surface area contributed by atoms with Gasteiger partial charge < -0.3 is 10.4 Å². The van der Waals surface area contributed by atoms with Gasteiger partial charge in [0, 0.05) is 5.56 Å². The molecule has 2 N–H and O–H groups in total. The van der Waals surface area contributed by atoms with E-state index in [1.165, 1.54) is 23.5 Å². The molecule has 1 aromatic heterocycles. The molecule has 0 aliphatic heterocycles. The van der Waals surface area contributed by atoms with E-state index in [9.17, 15) is 18.3 Å². The number of benzene rings is 3. The van der Waals surface area contributed by atoms with E-state index < -0.39 is 15.9 Å². The summed E-state index contributed by atoms with van der Waals surface area (Å²) in [5.41, 5.74) is 2.89. The second-order valence-electron chi connectivity index (χ2n) is 7.68. The molecule has 0 spiro atoms. The van der Waals surface area contributed by atoms with Crippen molar-refractivity contribution in [3.8, 4) is 11.3 Å². The third-order valence-electron chi connectivity index (χ3n) is 5.34. The number of carbonyl (C=O) groups is 1. The number of hydrogen-bond donors (Lipinski definition) is 2. The smallest absolute Gasteiger partial charge is 0.230 e. The lowest BCUT2D eigenvalue weighted by Crippen LogP contribution is -2.14. The van der Waals surface area contributed by atoms with E-state index in [1.807, 2.05) is 60.7 Å². The molecule has 0 fully saturated rings. The largest absolute Gasteiger partial charge is 0.383 e. The summed E-state index contributed by atoms with van der Waals surface area (Å²) >= 11 is 1.23. The monoisotopic (exact) mass is 492 g/mol. The van der Waals surface area contributed by atoms with Crippen LogP contribution in [0.15, 0.2) is 89.8 Å². The van der Waals surface area contributed by atoms with Crippen LogP contribution in [0.4, 0.5) is 5.13 Å². The van der Waals surface area contributed by atoms with Gasteiger partial charge >= 0.3 is 0 Å². The molecule has 0 radical (unpaired) electrons. The fourth-order valence-corrected chi connectivity index (χ4v) is 5.39. The zero-order valence-electron chi connectivity index (χ0n) is 18.5. The first-order valence-electron chi connectivity index (χ1n) is 10.8. The third kappa shape index (κ3) is 5.41. The zero-order chi connectivity index (χ0) is 24.1. The maximum Gasteiger partial charge on any atom is 0.230 e. The molecule has 0 aliphatic carbocycles. The summed E-state index contributed by atoms with van der Waals surface area (Å²) in [4.78, 5) is 18.2. The number of aliphatic hydroxyl groups excluding tert-OH is 1. The van der Waals surface area contributed by atoms with Crippen LogP contribution < -0.4 is 5.32 Å². The number of nitrogens with one attached hydrogen (secondary N) is 1. The Morgan fingerprint density at radius 1 is 0.971 bits per heavy atom. The molecular formula is C26H24N2O4S2. The minimum atomic E-state index is -3.28. The van der Waals surface area contributed by atoms with Gasteiger partial charge in [0.2, 0.25) is 5.91 Å². The van der Waals surface area contributed by atoms with Crippen molar-refractivity contribution in [3.05, 3.63) is 101 Å². The number of thiazole rings is 1. The summed E-state index contributed by atoms with van der Waals surface area (Å²) in [6.45, 7) is 1.59. The molecule has 1 heterocycles. The maximum absolute atomic E-state index is 12.7. The minimum Gasteiger partial charge on any atom is -0.383 e. The van der Waals surface area contributed by atoms with Gasteiger partial charge in [0.25, 0.3) is 0 Å². The molecule has 0 saturated carbocycles. The van der Waals surface area contributed by atoms with Gasteiger partial charge in [0.05, 0.1) is 27.6 Å². The van der Waals surface area contributed by atoms with E-state index in [0.29, 0.717) is 21.3 Å². The van der Waals surface area contributed by atoms with Crippen molar-refractivity contribution >= 4 is 32.2 Å². The van der Waals surface area contributed by atoms with Gasteiger partial charge in [-0.15, -0.1) is 0 Å². The van der Waals surface area contributed by atoms with Crippen LogP contribution in [0.2, 0.25) is 0 Å². The Morgan fingerprint density at radius 3 is 2.21 bits per heavy atom. The van der Waals surface area contributed by atoms with Crippen LogP contribution in [0.1, 0.15) is 29.0 Å². The van der Waals surface area contributed by atoms with E-state index in [4.69, 9.17) is 0 Å². The van der Waals surface area contributed by atoms with Crippen molar-refractivity contribution < 1.29 is 18.3 Å². The number of aromatic nitrogens is 1. The predicted octanol–water partition coefficient (Wildman–Crippen LogP) is 4.87. The first-order chi connectivity index (χ1) is 16.4. The molecule has 0 aliphatic rings. The lowest BCUT2D eigenvalue weighted by Gasteiger charge is -2.10. The zero-order valence-corrected chi connectivity index (χ0v) is 20.1. The van der Waals surface area contributed by atoms with Crippen molar-refractivity contribution in [2.75, 3.05) is 11.1 Å². The summed E-state index contributed by atoms with van der Waals surface area (Å²) < 4.78 is 24.0. The van der Waals surface area contributed by atoms with E-state index in [2.05, 4.69) is 10.3 Å². The van der Waals surface area contributed by atoms with Crippen molar-refractivity contribution in [1.29, 1.82) is 0 Å². The van der Waals surface area contributed by atoms with Gasteiger partial charge in [-0.2, -0.15) is 0 Å². The lowest BCUT2D eigenvalue weighted by atomic mass is 10.0. The normalized spacial score (nSPS) is 12.3. The van der Waals surface area contributed by atoms with E-state index in [1.54, 1.807) is 19.1 Å². The van der Waals surface area contributed by atoms with Gasteiger partial charge in [0.1, 0.15) is 6.10 Å². The molecule has 1 amide bonds. The molecule has 4 aromatic rings. The Balaban J connectivity index is 1.56. The predicted molar refractivity (Wildman–Crippen MR) is 135 cm³/mol. The third-order valence-corrected chi connectivity index (χ3v) is 8.11. The van der Waals surface area contributed by atoms with E-state index >= 15 is 0 Å². The maximum atomic E-state index is 12.7. The summed E-state index contributed by atoms with van der Waals surface area (Å²) in [5.74, 6) is -0.252. The lowest BCUT2D eigenvalue weighted by molar-refractivity contribution is -0.115. The highest BCUT2D eigenvalue weighted by molar-refractivity contribution is 7.91. The Bertz CT molecular complexity index is 1370. The number of nitrogens with zero attached hydrogens (tertiary/aromatic N) is 1. The van der Waals surface area contributed by atoms with Gasteiger partial charge in [0.15, 0.2) is 15.0 Å². The molecule has 4 rings (SSSR count). The molecular weight excluding hydrogens is 468 g/mol. The average molecular weight is 493 g/mol. The number of anilines is 1. The van der Waals surface area contributed by atoms with Gasteiger partial charge in [-0.3, -0.25) is 4.79 Å². The van der Waals surface area contributed by atoms with E-state index in [0.717, 1.165) is 11.1 Å². The average Bonchev–Trinajstić information content (AvgIpc) is 3.28. The van der Waals surface area contributed by atoms with Crippen LogP contribution in [0.5, 0.6) is 0 Å². The molecule has 3 aromatic carbocycles. The second kappa shape index (κ2) is 10.3. The topological polar surface area (TPSA) is 96.4 Å². The Kier molecular flexibility index (Phi) is 7.21. The number of hydrogen-bond acceptors (Lipinski definition) is 6. The first-order valence-corrected chi connectivity index (χ1v) is 13.2. The van der Waals surface area contributed by atoms with Crippen molar-refractivity contribution in [2.45, 2.75) is 24.3 Å². The molecule has 0 saturated heterocycles. The van der Waals surface area contributed by atoms with Crippen LogP contribution in [-0.4, -0.2) is 30.2 Å². The summed E-state index contributed by atoms with van der Waals surface area (Å²) in [6, 6.07) is 25.2. The van der Waals surface area contributed by atoms with Crippen LogP contribution in [-0.2, 0) is 21.1 Å².